The molecular formula is C11H26ClN3O3S. The molecule has 1 rings (SSSR count). The first-order valence-electron chi connectivity index (χ1n) is 6.50. The quantitative estimate of drug-likeness (QED) is 0.628. The van der Waals surface area contributed by atoms with Gasteiger partial charge in [0.2, 0.25) is 0 Å². The molecule has 0 aromatic rings. The van der Waals surface area contributed by atoms with Crippen LogP contribution in [0.1, 0.15) is 19.8 Å². The number of piperidine rings is 1. The van der Waals surface area contributed by atoms with Crippen LogP contribution in [-0.4, -0.2) is 59.2 Å². The summed E-state index contributed by atoms with van der Waals surface area (Å²) in [5.41, 5.74) is 0. The Morgan fingerprint density at radius 3 is 2.42 bits per heavy atom. The van der Waals surface area contributed by atoms with Gasteiger partial charge in [-0.2, -0.15) is 12.7 Å². The summed E-state index contributed by atoms with van der Waals surface area (Å²) in [7, 11) is -1.65. The maximum atomic E-state index is 11.9. The van der Waals surface area contributed by atoms with E-state index < -0.39 is 10.2 Å². The highest BCUT2D eigenvalue weighted by atomic mass is 35.5. The summed E-state index contributed by atoms with van der Waals surface area (Å²) in [6.45, 7) is 5.83. The van der Waals surface area contributed by atoms with E-state index in [0.29, 0.717) is 38.7 Å². The molecule has 0 radical (unpaired) electrons. The van der Waals surface area contributed by atoms with Crippen LogP contribution in [0.3, 0.4) is 0 Å². The molecule has 1 aliphatic rings. The number of rotatable bonds is 8. The van der Waals surface area contributed by atoms with Gasteiger partial charge in [0.15, 0.2) is 0 Å². The van der Waals surface area contributed by atoms with Crippen LogP contribution in [0.4, 0.5) is 0 Å². The summed E-state index contributed by atoms with van der Waals surface area (Å²) in [5.74, 6) is 0.632. The second-order valence-electron chi connectivity index (χ2n) is 4.72. The molecule has 1 aliphatic heterocycles. The molecule has 0 saturated carbocycles. The number of methoxy groups -OCH3 is 1. The van der Waals surface area contributed by atoms with Gasteiger partial charge in [-0.05, 0) is 18.8 Å². The monoisotopic (exact) mass is 315 g/mol. The Kier molecular flexibility index (Phi) is 9.94. The predicted molar refractivity (Wildman–Crippen MR) is 78.9 cm³/mol. The summed E-state index contributed by atoms with van der Waals surface area (Å²) in [5, 5.41) is 3.10. The lowest BCUT2D eigenvalue weighted by molar-refractivity contribution is 0.199. The summed E-state index contributed by atoms with van der Waals surface area (Å²) >= 11 is 0. The van der Waals surface area contributed by atoms with Crippen molar-refractivity contribution in [3.05, 3.63) is 0 Å². The van der Waals surface area contributed by atoms with E-state index in [0.717, 1.165) is 19.4 Å². The van der Waals surface area contributed by atoms with Crippen LogP contribution in [0.2, 0.25) is 0 Å². The lowest BCUT2D eigenvalue weighted by Gasteiger charge is -2.29. The first-order chi connectivity index (χ1) is 8.56. The first kappa shape index (κ1) is 19.1. The molecule has 0 atom stereocenters. The Hall–Kier alpha value is 0.0800. The Labute approximate surface area is 122 Å². The van der Waals surface area contributed by atoms with Crippen molar-refractivity contribution in [1.29, 1.82) is 0 Å². The largest absolute Gasteiger partial charge is 0.383 e. The van der Waals surface area contributed by atoms with Gasteiger partial charge in [0.1, 0.15) is 0 Å². The zero-order valence-electron chi connectivity index (χ0n) is 11.7. The van der Waals surface area contributed by atoms with Gasteiger partial charge in [-0.3, -0.25) is 0 Å². The van der Waals surface area contributed by atoms with Crippen molar-refractivity contribution in [2.24, 2.45) is 5.92 Å². The van der Waals surface area contributed by atoms with Gasteiger partial charge >= 0.3 is 0 Å². The van der Waals surface area contributed by atoms with Gasteiger partial charge in [0.05, 0.1) is 6.61 Å². The van der Waals surface area contributed by atoms with E-state index in [-0.39, 0.29) is 12.4 Å². The highest BCUT2D eigenvalue weighted by Gasteiger charge is 2.25. The Balaban J connectivity index is 0.00000324. The fraction of sp³-hybridized carbons (Fsp3) is 1.00. The Morgan fingerprint density at radius 1 is 1.21 bits per heavy atom. The molecule has 1 saturated heterocycles. The smallest absolute Gasteiger partial charge is 0.279 e. The molecular weight excluding hydrogens is 290 g/mol. The zero-order chi connectivity index (χ0) is 13.4. The number of hydrogen-bond acceptors (Lipinski definition) is 4. The normalized spacial score (nSPS) is 18.2. The molecule has 8 heteroatoms. The Bertz CT molecular complexity index is 319. The molecule has 19 heavy (non-hydrogen) atoms. The number of ether oxygens (including phenoxy) is 1. The van der Waals surface area contributed by atoms with Crippen LogP contribution in [-0.2, 0) is 14.9 Å². The van der Waals surface area contributed by atoms with Crippen LogP contribution >= 0.6 is 12.4 Å². The van der Waals surface area contributed by atoms with Crippen molar-refractivity contribution < 1.29 is 13.2 Å². The van der Waals surface area contributed by atoms with Crippen molar-refractivity contribution in [1.82, 2.24) is 14.3 Å². The molecule has 0 amide bonds. The fourth-order valence-corrected chi connectivity index (χ4v) is 3.12. The summed E-state index contributed by atoms with van der Waals surface area (Å²) in [4.78, 5) is 0. The van der Waals surface area contributed by atoms with Gasteiger partial charge < -0.3 is 10.1 Å². The van der Waals surface area contributed by atoms with Crippen LogP contribution in [0.15, 0.2) is 0 Å². The number of nitrogens with zero attached hydrogens (tertiary/aromatic N) is 1. The molecule has 0 unspecified atom stereocenters. The lowest BCUT2D eigenvalue weighted by atomic mass is 10.0. The van der Waals surface area contributed by atoms with Crippen LogP contribution in [0, 0.1) is 5.92 Å². The third-order valence-corrected chi connectivity index (χ3v) is 4.77. The van der Waals surface area contributed by atoms with Gasteiger partial charge in [-0.15, -0.1) is 12.4 Å². The SMILES string of the molecule is COCCNCCNS(=O)(=O)N1CCC(C)CC1.Cl. The van der Waals surface area contributed by atoms with E-state index in [4.69, 9.17) is 4.74 Å². The van der Waals surface area contributed by atoms with Crippen molar-refractivity contribution in [3.8, 4) is 0 Å². The molecule has 0 spiro atoms. The molecule has 0 aromatic carbocycles. The van der Waals surface area contributed by atoms with Gasteiger partial charge in [0.25, 0.3) is 10.2 Å². The third kappa shape index (κ3) is 7.43. The standard InChI is InChI=1S/C11H25N3O3S.ClH/c1-11-3-8-14(9-4-11)18(15,16)13-6-5-12-7-10-17-2;/h11-13H,3-10H2,1-2H3;1H. The van der Waals surface area contributed by atoms with Gasteiger partial charge in [0, 0.05) is 39.8 Å². The lowest BCUT2D eigenvalue weighted by Crippen LogP contribution is -2.46. The molecule has 0 aromatic heterocycles. The van der Waals surface area contributed by atoms with Crippen LogP contribution in [0.25, 0.3) is 0 Å². The van der Waals surface area contributed by atoms with Crippen molar-refractivity contribution in [2.45, 2.75) is 19.8 Å². The fourth-order valence-electron chi connectivity index (χ4n) is 1.88. The van der Waals surface area contributed by atoms with E-state index in [1.165, 1.54) is 0 Å². The van der Waals surface area contributed by atoms with Gasteiger partial charge in [-0.1, -0.05) is 6.92 Å². The summed E-state index contributed by atoms with van der Waals surface area (Å²) in [6, 6.07) is 0. The molecule has 116 valence electrons. The van der Waals surface area contributed by atoms with E-state index in [2.05, 4.69) is 17.0 Å². The van der Waals surface area contributed by atoms with Crippen molar-refractivity contribution in [2.75, 3.05) is 46.4 Å². The zero-order valence-corrected chi connectivity index (χ0v) is 13.4. The maximum absolute atomic E-state index is 11.9. The summed E-state index contributed by atoms with van der Waals surface area (Å²) in [6.07, 6.45) is 1.90. The Morgan fingerprint density at radius 2 is 1.84 bits per heavy atom. The van der Waals surface area contributed by atoms with Gasteiger partial charge in [-0.25, -0.2) is 4.72 Å². The first-order valence-corrected chi connectivity index (χ1v) is 7.94. The van der Waals surface area contributed by atoms with E-state index >= 15 is 0 Å². The molecule has 6 nitrogen and oxygen atoms in total. The van der Waals surface area contributed by atoms with Crippen molar-refractivity contribution in [3.63, 3.8) is 0 Å². The average Bonchev–Trinajstić information content (AvgIpc) is 2.34. The molecule has 0 aliphatic carbocycles. The second-order valence-corrected chi connectivity index (χ2v) is 6.48. The molecule has 1 fully saturated rings. The predicted octanol–water partition coefficient (Wildman–Crippen LogP) is 0.211. The summed E-state index contributed by atoms with van der Waals surface area (Å²) < 4.78 is 32.9. The highest BCUT2D eigenvalue weighted by Crippen LogP contribution is 2.17. The van der Waals surface area contributed by atoms with Crippen LogP contribution < -0.4 is 10.0 Å². The minimum Gasteiger partial charge on any atom is -0.383 e. The molecule has 0 bridgehead atoms. The third-order valence-electron chi connectivity index (χ3n) is 3.15. The number of hydrogen-bond donors (Lipinski definition) is 2. The van der Waals surface area contributed by atoms with E-state index in [1.54, 1.807) is 11.4 Å². The van der Waals surface area contributed by atoms with Crippen molar-refractivity contribution >= 4 is 22.6 Å². The molecule has 2 N–H and O–H groups in total. The molecule has 1 heterocycles. The second kappa shape index (κ2) is 9.90. The van der Waals surface area contributed by atoms with E-state index in [1.807, 2.05) is 0 Å². The minimum atomic E-state index is -3.29. The highest BCUT2D eigenvalue weighted by molar-refractivity contribution is 7.87. The topological polar surface area (TPSA) is 70.7 Å². The maximum Gasteiger partial charge on any atom is 0.279 e. The number of halogens is 1. The number of nitrogens with one attached hydrogen (secondary N) is 2. The average molecular weight is 316 g/mol. The minimum absolute atomic E-state index is 0. The van der Waals surface area contributed by atoms with E-state index in [9.17, 15) is 8.42 Å². The van der Waals surface area contributed by atoms with Crippen LogP contribution in [0.5, 0.6) is 0 Å².